The summed E-state index contributed by atoms with van der Waals surface area (Å²) in [6.45, 7) is 3.69. The first-order chi connectivity index (χ1) is 16.5. The fourth-order valence-corrected chi connectivity index (χ4v) is 4.81. The number of piperidine rings is 1. The van der Waals surface area contributed by atoms with Gasteiger partial charge < -0.3 is 14.7 Å². The average Bonchev–Trinajstić information content (AvgIpc) is 3.56. The Kier molecular flexibility index (Phi) is 6.12. The Morgan fingerprint density at radius 2 is 1.97 bits per heavy atom. The number of aryl methyl sites for hydroxylation is 1. The van der Waals surface area contributed by atoms with Gasteiger partial charge in [0.25, 0.3) is 0 Å². The van der Waals surface area contributed by atoms with E-state index in [0.29, 0.717) is 24.2 Å². The van der Waals surface area contributed by atoms with E-state index in [0.717, 1.165) is 48.1 Å². The molecule has 1 aliphatic rings. The van der Waals surface area contributed by atoms with E-state index >= 15 is 0 Å². The Balaban J connectivity index is 1.16. The first-order valence-electron chi connectivity index (χ1n) is 10.8. The van der Waals surface area contributed by atoms with Crippen molar-refractivity contribution in [1.29, 1.82) is 0 Å². The minimum atomic E-state index is -1.04. The van der Waals surface area contributed by atoms with Crippen LogP contribution in [-0.2, 0) is 6.61 Å². The van der Waals surface area contributed by atoms with Gasteiger partial charge in [0.1, 0.15) is 18.7 Å². The number of tetrazole rings is 1. The number of aromatic carboxylic acids is 1. The molecule has 5 rings (SSSR count). The highest BCUT2D eigenvalue weighted by molar-refractivity contribution is 7.09. The summed E-state index contributed by atoms with van der Waals surface area (Å²) in [5.41, 5.74) is 2.44. The second-order valence-corrected chi connectivity index (χ2v) is 8.86. The van der Waals surface area contributed by atoms with Crippen molar-refractivity contribution in [3.63, 3.8) is 0 Å². The van der Waals surface area contributed by atoms with Crippen molar-refractivity contribution in [2.45, 2.75) is 32.3 Å². The number of anilines is 1. The molecule has 0 radical (unpaired) electrons. The topological polar surface area (TPSA) is 132 Å². The number of hydrogen-bond donors (Lipinski definition) is 1. The molecular formula is C22H22N8O3S. The average molecular weight is 479 g/mol. The smallest absolute Gasteiger partial charge is 0.354 e. The summed E-state index contributed by atoms with van der Waals surface area (Å²) >= 11 is 1.65. The van der Waals surface area contributed by atoms with Crippen LogP contribution in [0.15, 0.2) is 42.0 Å². The van der Waals surface area contributed by atoms with E-state index < -0.39 is 5.97 Å². The van der Waals surface area contributed by atoms with Crippen LogP contribution in [0, 0.1) is 6.92 Å². The maximum atomic E-state index is 11.3. The Morgan fingerprint density at radius 1 is 1.18 bits per heavy atom. The number of ether oxygens (including phenoxy) is 1. The lowest BCUT2D eigenvalue weighted by Crippen LogP contribution is -2.34. The Labute approximate surface area is 199 Å². The van der Waals surface area contributed by atoms with Crippen LogP contribution < -0.4 is 9.64 Å². The van der Waals surface area contributed by atoms with E-state index in [1.165, 1.54) is 6.07 Å². The molecule has 11 nitrogen and oxygen atoms in total. The number of aromatic nitrogens is 7. The third-order valence-corrected chi connectivity index (χ3v) is 6.65. The summed E-state index contributed by atoms with van der Waals surface area (Å²) in [5.74, 6) is 0.547. The number of thiazole rings is 1. The second kappa shape index (κ2) is 9.51. The molecule has 3 aromatic heterocycles. The second-order valence-electron chi connectivity index (χ2n) is 7.98. The van der Waals surface area contributed by atoms with E-state index in [2.05, 4.69) is 25.5 Å². The fourth-order valence-electron chi connectivity index (χ4n) is 3.84. The molecule has 4 aromatic rings. The van der Waals surface area contributed by atoms with Crippen LogP contribution >= 0.6 is 11.3 Å². The van der Waals surface area contributed by atoms with Gasteiger partial charge in [-0.3, -0.25) is 0 Å². The van der Waals surface area contributed by atoms with Crippen molar-refractivity contribution >= 4 is 23.3 Å². The molecule has 0 atom stereocenters. The predicted molar refractivity (Wildman–Crippen MR) is 124 cm³/mol. The zero-order valence-electron chi connectivity index (χ0n) is 18.4. The number of rotatable bonds is 7. The molecule has 0 spiro atoms. The molecular weight excluding hydrogens is 456 g/mol. The number of benzene rings is 1. The molecule has 1 fully saturated rings. The summed E-state index contributed by atoms with van der Waals surface area (Å²) in [4.78, 5) is 26.8. The van der Waals surface area contributed by atoms with Gasteiger partial charge in [-0.2, -0.15) is 0 Å². The van der Waals surface area contributed by atoms with Gasteiger partial charge in [0.05, 0.1) is 16.4 Å². The summed E-state index contributed by atoms with van der Waals surface area (Å²) in [6.07, 6.45) is 3.36. The van der Waals surface area contributed by atoms with E-state index in [9.17, 15) is 9.90 Å². The highest BCUT2D eigenvalue weighted by Gasteiger charge is 2.25. The molecule has 34 heavy (non-hydrogen) atoms. The van der Waals surface area contributed by atoms with E-state index in [1.807, 2.05) is 34.5 Å². The van der Waals surface area contributed by atoms with Crippen LogP contribution in [0.3, 0.4) is 0 Å². The van der Waals surface area contributed by atoms with Crippen LogP contribution in [0.5, 0.6) is 5.75 Å². The number of carboxylic acid groups (broad SMARTS) is 1. The van der Waals surface area contributed by atoms with Crippen LogP contribution in [-0.4, -0.2) is 59.3 Å². The highest BCUT2D eigenvalue weighted by Crippen LogP contribution is 2.32. The zero-order valence-corrected chi connectivity index (χ0v) is 19.2. The van der Waals surface area contributed by atoms with E-state index in [-0.39, 0.29) is 5.69 Å². The van der Waals surface area contributed by atoms with Crippen molar-refractivity contribution in [3.05, 3.63) is 64.1 Å². The minimum Gasteiger partial charge on any atom is -0.487 e. The molecule has 0 aliphatic carbocycles. The maximum absolute atomic E-state index is 11.3. The molecule has 1 N–H and O–H groups in total. The van der Waals surface area contributed by atoms with Crippen LogP contribution in [0.2, 0.25) is 0 Å². The summed E-state index contributed by atoms with van der Waals surface area (Å²) in [5, 5.41) is 23.5. The maximum Gasteiger partial charge on any atom is 0.354 e. The van der Waals surface area contributed by atoms with Gasteiger partial charge in [0.2, 0.25) is 5.95 Å². The Morgan fingerprint density at radius 3 is 2.68 bits per heavy atom. The number of carbonyl (C=O) groups is 1. The molecule has 1 aliphatic heterocycles. The van der Waals surface area contributed by atoms with Crippen LogP contribution in [0.1, 0.15) is 45.6 Å². The van der Waals surface area contributed by atoms with Gasteiger partial charge >= 0.3 is 5.97 Å². The molecule has 1 aromatic carbocycles. The minimum absolute atomic E-state index is 0.0271. The van der Waals surface area contributed by atoms with Gasteiger partial charge in [0.15, 0.2) is 5.69 Å². The number of nitrogens with zero attached hydrogens (tertiary/aromatic N) is 8. The molecule has 0 amide bonds. The monoisotopic (exact) mass is 478 g/mol. The molecule has 12 heteroatoms. The van der Waals surface area contributed by atoms with E-state index in [1.54, 1.807) is 29.3 Å². The van der Waals surface area contributed by atoms with E-state index in [4.69, 9.17) is 9.72 Å². The third kappa shape index (κ3) is 4.86. The van der Waals surface area contributed by atoms with Crippen LogP contribution in [0.4, 0.5) is 5.95 Å². The Bertz CT molecular complexity index is 1270. The van der Waals surface area contributed by atoms with Gasteiger partial charge in [-0.15, -0.1) is 16.4 Å². The molecule has 174 valence electrons. The van der Waals surface area contributed by atoms with Gasteiger partial charge in [0, 0.05) is 30.1 Å². The van der Waals surface area contributed by atoms with Crippen molar-refractivity contribution in [2.75, 3.05) is 18.0 Å². The lowest BCUT2D eigenvalue weighted by molar-refractivity contribution is 0.0690. The summed E-state index contributed by atoms with van der Waals surface area (Å²) in [7, 11) is 0. The lowest BCUT2D eigenvalue weighted by Gasteiger charge is -2.31. The van der Waals surface area contributed by atoms with Crippen molar-refractivity contribution in [3.8, 4) is 11.4 Å². The molecule has 0 unspecified atom stereocenters. The number of carboxylic acids is 1. The Hall–Kier alpha value is -3.93. The SMILES string of the molecule is Cc1cc(C(=O)O)nc(N2CCC(c3nc(COc4ccc(-n5cnnn5)cc4)cs3)CC2)n1. The van der Waals surface area contributed by atoms with Gasteiger partial charge in [-0.25, -0.2) is 24.4 Å². The van der Waals surface area contributed by atoms with Gasteiger partial charge in [-0.1, -0.05) is 0 Å². The first kappa shape index (κ1) is 21.9. The van der Waals surface area contributed by atoms with Crippen molar-refractivity contribution < 1.29 is 14.6 Å². The normalized spacial score (nSPS) is 14.3. The molecule has 4 heterocycles. The van der Waals surface area contributed by atoms with Gasteiger partial charge in [-0.05, 0) is 60.5 Å². The fraction of sp³-hybridized carbons (Fsp3) is 0.318. The quantitative estimate of drug-likeness (QED) is 0.423. The predicted octanol–water partition coefficient (Wildman–Crippen LogP) is 2.88. The summed E-state index contributed by atoms with van der Waals surface area (Å²) in [6, 6.07) is 9.03. The molecule has 1 saturated heterocycles. The van der Waals surface area contributed by atoms with Crippen molar-refractivity contribution in [2.24, 2.45) is 0 Å². The number of hydrogen-bond acceptors (Lipinski definition) is 10. The zero-order chi connectivity index (χ0) is 23.5. The summed E-state index contributed by atoms with van der Waals surface area (Å²) < 4.78 is 7.47. The van der Waals surface area contributed by atoms with Crippen molar-refractivity contribution in [1.82, 2.24) is 35.2 Å². The third-order valence-electron chi connectivity index (χ3n) is 5.60. The standard InChI is InChI=1S/C22H22N8O3S/c1-14-10-19(21(31)32)26-22(24-14)29-8-6-15(7-9-29)20-25-16(12-34-20)11-33-18-4-2-17(3-5-18)30-13-23-27-28-30/h2-5,10,12-13,15H,6-9,11H2,1H3,(H,31,32). The lowest BCUT2D eigenvalue weighted by atomic mass is 9.98. The molecule has 0 bridgehead atoms. The largest absolute Gasteiger partial charge is 0.487 e. The van der Waals surface area contributed by atoms with Crippen LogP contribution in [0.25, 0.3) is 5.69 Å². The first-order valence-corrected chi connectivity index (χ1v) is 11.7. The molecule has 0 saturated carbocycles. The highest BCUT2D eigenvalue weighted by atomic mass is 32.1.